The van der Waals surface area contributed by atoms with Gasteiger partial charge in [-0.3, -0.25) is 14.4 Å². The summed E-state index contributed by atoms with van der Waals surface area (Å²) in [5.41, 5.74) is 1.69. The summed E-state index contributed by atoms with van der Waals surface area (Å²) in [5.74, 6) is -0.191. The van der Waals surface area contributed by atoms with Crippen LogP contribution < -0.4 is 20.1 Å². The smallest absolute Gasteiger partial charge is 0.262 e. The Bertz CT molecular complexity index is 1210. The van der Waals surface area contributed by atoms with Gasteiger partial charge in [0, 0.05) is 19.6 Å². The Hall–Kier alpha value is -4.37. The molecule has 1 aliphatic rings. The van der Waals surface area contributed by atoms with Crippen molar-refractivity contribution in [3.63, 3.8) is 0 Å². The van der Waals surface area contributed by atoms with Crippen molar-refractivity contribution in [2.75, 3.05) is 44.8 Å². The second-order valence-electron chi connectivity index (χ2n) is 8.28. The van der Waals surface area contributed by atoms with E-state index in [2.05, 4.69) is 10.6 Å². The summed E-state index contributed by atoms with van der Waals surface area (Å²) in [6.07, 6.45) is 0. The summed E-state index contributed by atoms with van der Waals surface area (Å²) < 4.78 is 16.6. The van der Waals surface area contributed by atoms with Crippen molar-refractivity contribution >= 4 is 23.4 Å². The van der Waals surface area contributed by atoms with Gasteiger partial charge in [-0.2, -0.15) is 0 Å². The number of nitrogens with zero attached hydrogens (tertiary/aromatic N) is 1. The van der Waals surface area contributed by atoms with Crippen LogP contribution in [0.1, 0.15) is 15.9 Å². The molecule has 2 N–H and O–H groups in total. The van der Waals surface area contributed by atoms with Crippen LogP contribution in [0.3, 0.4) is 0 Å². The molecule has 1 fully saturated rings. The molecule has 0 aliphatic carbocycles. The number of rotatable bonds is 10. The summed E-state index contributed by atoms with van der Waals surface area (Å²) in [4.78, 5) is 39.4. The van der Waals surface area contributed by atoms with Gasteiger partial charge in [-0.25, -0.2) is 0 Å². The first kappa shape index (κ1) is 25.7. The topological polar surface area (TPSA) is 106 Å². The molecule has 192 valence electrons. The maximum absolute atomic E-state index is 12.7. The Morgan fingerprint density at radius 3 is 2.14 bits per heavy atom. The molecule has 0 spiro atoms. The molecule has 37 heavy (non-hydrogen) atoms. The fraction of sp³-hybridized carbons (Fsp3) is 0.250. The van der Waals surface area contributed by atoms with Gasteiger partial charge in [0.2, 0.25) is 0 Å². The highest BCUT2D eigenvalue weighted by atomic mass is 16.5. The molecule has 4 rings (SSSR count). The van der Waals surface area contributed by atoms with Gasteiger partial charge in [-0.1, -0.05) is 54.6 Å². The molecule has 9 nitrogen and oxygen atoms in total. The van der Waals surface area contributed by atoms with Gasteiger partial charge in [0.25, 0.3) is 17.7 Å². The number of hydrogen-bond acceptors (Lipinski definition) is 6. The second kappa shape index (κ2) is 13.1. The van der Waals surface area contributed by atoms with Crippen LogP contribution in [0, 0.1) is 0 Å². The number of hydrogen-bond donors (Lipinski definition) is 2. The van der Waals surface area contributed by atoms with Crippen molar-refractivity contribution in [2.45, 2.75) is 6.54 Å². The van der Waals surface area contributed by atoms with E-state index in [1.165, 1.54) is 0 Å². The number of carbonyl (C=O) groups is 3. The number of anilines is 1. The van der Waals surface area contributed by atoms with Gasteiger partial charge >= 0.3 is 0 Å². The number of ether oxygens (including phenoxy) is 3. The summed E-state index contributed by atoms with van der Waals surface area (Å²) in [6, 6.07) is 23.2. The number of amides is 3. The highest BCUT2D eigenvalue weighted by Gasteiger charge is 2.18. The van der Waals surface area contributed by atoms with Gasteiger partial charge in [-0.15, -0.1) is 0 Å². The predicted molar refractivity (Wildman–Crippen MR) is 138 cm³/mol. The maximum atomic E-state index is 12.7. The van der Waals surface area contributed by atoms with Gasteiger partial charge < -0.3 is 29.7 Å². The average Bonchev–Trinajstić information content (AvgIpc) is 2.95. The molecule has 3 aromatic rings. The minimum atomic E-state index is -0.442. The van der Waals surface area contributed by atoms with Gasteiger partial charge in [0.05, 0.1) is 24.5 Å². The van der Waals surface area contributed by atoms with Crippen LogP contribution in [-0.4, -0.2) is 62.1 Å². The summed E-state index contributed by atoms with van der Waals surface area (Å²) >= 11 is 0. The largest absolute Gasteiger partial charge is 0.480 e. The van der Waals surface area contributed by atoms with Gasteiger partial charge in [0.15, 0.2) is 24.7 Å². The van der Waals surface area contributed by atoms with E-state index in [9.17, 15) is 14.4 Å². The molecule has 3 aromatic carbocycles. The highest BCUT2D eigenvalue weighted by Crippen LogP contribution is 2.26. The predicted octanol–water partition coefficient (Wildman–Crippen LogP) is 2.87. The number of nitrogens with one attached hydrogen (secondary N) is 2. The molecule has 0 atom stereocenters. The van der Waals surface area contributed by atoms with E-state index < -0.39 is 5.91 Å². The number of benzene rings is 3. The fourth-order valence-corrected chi connectivity index (χ4v) is 3.73. The Morgan fingerprint density at radius 1 is 0.784 bits per heavy atom. The normalized spacial score (nSPS) is 12.9. The number of para-hydroxylation sites is 3. The van der Waals surface area contributed by atoms with Crippen molar-refractivity contribution in [1.82, 2.24) is 10.2 Å². The van der Waals surface area contributed by atoms with E-state index >= 15 is 0 Å². The minimum Gasteiger partial charge on any atom is -0.480 e. The van der Waals surface area contributed by atoms with E-state index in [0.717, 1.165) is 5.56 Å². The summed E-state index contributed by atoms with van der Waals surface area (Å²) in [7, 11) is 0. The lowest BCUT2D eigenvalue weighted by Crippen LogP contribution is -2.43. The molecule has 0 radical (unpaired) electrons. The van der Waals surface area contributed by atoms with Crippen molar-refractivity contribution in [3.05, 3.63) is 90.0 Å². The molecule has 9 heteroatoms. The molecule has 0 unspecified atom stereocenters. The van der Waals surface area contributed by atoms with Crippen LogP contribution in [0.15, 0.2) is 78.9 Å². The first-order chi connectivity index (χ1) is 18.1. The van der Waals surface area contributed by atoms with Crippen LogP contribution in [-0.2, 0) is 20.9 Å². The zero-order chi connectivity index (χ0) is 25.9. The molecule has 0 saturated carbocycles. The SMILES string of the molecule is O=C(COc1ccccc1OCC(=O)N1CCOCC1)Nc1ccccc1C(=O)NCc1ccccc1. The first-order valence-corrected chi connectivity index (χ1v) is 12.0. The van der Waals surface area contributed by atoms with Gasteiger partial charge in [-0.05, 0) is 29.8 Å². The zero-order valence-corrected chi connectivity index (χ0v) is 20.4. The fourth-order valence-electron chi connectivity index (χ4n) is 3.73. The highest BCUT2D eigenvalue weighted by molar-refractivity contribution is 6.04. The van der Waals surface area contributed by atoms with E-state index in [-0.39, 0.29) is 25.0 Å². The van der Waals surface area contributed by atoms with Crippen LogP contribution >= 0.6 is 0 Å². The third kappa shape index (κ3) is 7.55. The quantitative estimate of drug-likeness (QED) is 0.441. The lowest BCUT2D eigenvalue weighted by molar-refractivity contribution is -0.137. The summed E-state index contributed by atoms with van der Waals surface area (Å²) in [5, 5.41) is 5.60. The average molecular weight is 504 g/mol. The van der Waals surface area contributed by atoms with E-state index in [1.54, 1.807) is 53.4 Å². The molecule has 1 aliphatic heterocycles. The minimum absolute atomic E-state index is 0.141. The van der Waals surface area contributed by atoms with Crippen LogP contribution in [0.2, 0.25) is 0 Å². The first-order valence-electron chi connectivity index (χ1n) is 12.0. The molecule has 3 amide bonds. The molecular weight excluding hydrogens is 474 g/mol. The monoisotopic (exact) mass is 503 g/mol. The van der Waals surface area contributed by atoms with Crippen LogP contribution in [0.5, 0.6) is 11.5 Å². The lowest BCUT2D eigenvalue weighted by Gasteiger charge is -2.26. The van der Waals surface area contributed by atoms with Crippen molar-refractivity contribution in [3.8, 4) is 11.5 Å². The number of morpholine rings is 1. The Kier molecular flexibility index (Phi) is 9.09. The van der Waals surface area contributed by atoms with E-state index in [4.69, 9.17) is 14.2 Å². The van der Waals surface area contributed by atoms with Crippen molar-refractivity contribution < 1.29 is 28.6 Å². The Balaban J connectivity index is 1.30. The van der Waals surface area contributed by atoms with Gasteiger partial charge in [0.1, 0.15) is 0 Å². The second-order valence-corrected chi connectivity index (χ2v) is 8.28. The standard InChI is InChI=1S/C28H29N3O6/c32-26(30-23-11-5-4-10-22(23)28(34)29-18-21-8-2-1-3-9-21)19-36-24-12-6-7-13-25(24)37-20-27(33)31-14-16-35-17-15-31/h1-13H,14-20H2,(H,29,34)(H,30,32). The Morgan fingerprint density at radius 2 is 1.41 bits per heavy atom. The van der Waals surface area contributed by atoms with Crippen LogP contribution in [0.25, 0.3) is 0 Å². The third-order valence-corrected chi connectivity index (χ3v) is 5.66. The molecule has 0 aromatic heterocycles. The molecule has 1 heterocycles. The van der Waals surface area contributed by atoms with Crippen LogP contribution in [0.4, 0.5) is 5.69 Å². The molecular formula is C28H29N3O6. The maximum Gasteiger partial charge on any atom is 0.262 e. The van der Waals surface area contributed by atoms with Crippen molar-refractivity contribution in [2.24, 2.45) is 0 Å². The lowest BCUT2D eigenvalue weighted by atomic mass is 10.1. The molecule has 0 bridgehead atoms. The van der Waals surface area contributed by atoms with E-state index in [1.807, 2.05) is 30.3 Å². The molecule has 1 saturated heterocycles. The zero-order valence-electron chi connectivity index (χ0n) is 20.4. The summed E-state index contributed by atoms with van der Waals surface area (Å²) in [6.45, 7) is 2.01. The van der Waals surface area contributed by atoms with E-state index in [0.29, 0.717) is 55.6 Å². The third-order valence-electron chi connectivity index (χ3n) is 5.66. The Labute approximate surface area is 215 Å². The van der Waals surface area contributed by atoms with Crippen molar-refractivity contribution in [1.29, 1.82) is 0 Å². The number of carbonyl (C=O) groups excluding carboxylic acids is 3.